The molecular weight excluding hydrogens is 407 g/mol. The van der Waals surface area contributed by atoms with Crippen molar-refractivity contribution in [3.8, 4) is 6.07 Å². The summed E-state index contributed by atoms with van der Waals surface area (Å²) in [4.78, 5) is 12.5. The number of H-pyrrole nitrogens is 1. The molecule has 3 heterocycles. The van der Waals surface area contributed by atoms with Crippen LogP contribution < -0.4 is 5.32 Å². The average Bonchev–Trinajstić information content (AvgIpc) is 3.31. The highest BCUT2D eigenvalue weighted by molar-refractivity contribution is 6.30. The van der Waals surface area contributed by atoms with Gasteiger partial charge in [0.05, 0.1) is 50.8 Å². The van der Waals surface area contributed by atoms with Gasteiger partial charge in [0, 0.05) is 10.9 Å². The molecule has 1 atom stereocenters. The molecule has 0 spiro atoms. The van der Waals surface area contributed by atoms with Crippen molar-refractivity contribution in [1.29, 1.82) is 5.26 Å². The average molecular weight is 421 g/mol. The molecule has 2 aromatic carbocycles. The van der Waals surface area contributed by atoms with E-state index in [0.717, 1.165) is 22.2 Å². The van der Waals surface area contributed by atoms with E-state index in [-0.39, 0.29) is 11.6 Å². The number of ether oxygens (including phenoxy) is 1. The van der Waals surface area contributed by atoms with Crippen molar-refractivity contribution in [3.63, 3.8) is 0 Å². The molecule has 0 bridgehead atoms. The normalized spacial score (nSPS) is 18.3. The van der Waals surface area contributed by atoms with Crippen LogP contribution in [0.5, 0.6) is 0 Å². The van der Waals surface area contributed by atoms with Crippen LogP contribution in [0.25, 0.3) is 16.6 Å². The third kappa shape index (κ3) is 2.69. The van der Waals surface area contributed by atoms with E-state index in [0.29, 0.717) is 28.1 Å². The summed E-state index contributed by atoms with van der Waals surface area (Å²) in [5, 5.41) is 21.2. The fourth-order valence-electron chi connectivity index (χ4n) is 3.99. The lowest BCUT2D eigenvalue weighted by atomic mass is 9.80. The number of hydrogen-bond acceptors (Lipinski definition) is 5. The molecule has 2 aliphatic rings. The van der Waals surface area contributed by atoms with Crippen LogP contribution in [0.4, 0.5) is 4.39 Å². The number of aryl methyl sites for hydroxylation is 1. The standard InChI is InChI=1S/C22H14ClFN4O2/c1-10-13-6-11(3-5-17(13)28-27-10)19-14(8-25)21(12-2-4-15(23)16(24)7-12)26-18-9-30-22(29)20(18)19/h2-7,19,26H,9H2,1H3,(H,27,28). The molecule has 1 unspecified atom stereocenters. The Morgan fingerprint density at radius 2 is 2.13 bits per heavy atom. The number of halogens is 2. The van der Waals surface area contributed by atoms with Crippen LogP contribution in [0, 0.1) is 24.1 Å². The van der Waals surface area contributed by atoms with Crippen LogP contribution >= 0.6 is 11.6 Å². The quantitative estimate of drug-likeness (QED) is 0.609. The first-order valence-corrected chi connectivity index (χ1v) is 9.57. The molecule has 148 valence electrons. The number of rotatable bonds is 2. The van der Waals surface area contributed by atoms with E-state index in [1.807, 2.05) is 25.1 Å². The number of nitrogens with zero attached hydrogens (tertiary/aromatic N) is 2. The van der Waals surface area contributed by atoms with Gasteiger partial charge in [0.1, 0.15) is 12.4 Å². The zero-order valence-electron chi connectivity index (χ0n) is 15.7. The minimum atomic E-state index is -0.645. The summed E-state index contributed by atoms with van der Waals surface area (Å²) in [6.07, 6.45) is 0. The molecule has 30 heavy (non-hydrogen) atoms. The largest absolute Gasteiger partial charge is 0.456 e. The first kappa shape index (κ1) is 18.4. The Morgan fingerprint density at radius 1 is 1.30 bits per heavy atom. The van der Waals surface area contributed by atoms with Gasteiger partial charge in [-0.1, -0.05) is 23.7 Å². The number of dihydropyridines is 1. The molecular formula is C22H14ClFN4O2. The molecule has 0 amide bonds. The van der Waals surface area contributed by atoms with Crippen LogP contribution in [0.15, 0.2) is 53.2 Å². The molecule has 2 N–H and O–H groups in total. The van der Waals surface area contributed by atoms with E-state index in [1.54, 1.807) is 6.07 Å². The van der Waals surface area contributed by atoms with E-state index in [1.165, 1.54) is 12.1 Å². The Bertz CT molecular complexity index is 1350. The zero-order chi connectivity index (χ0) is 21.0. The van der Waals surface area contributed by atoms with Gasteiger partial charge in [-0.25, -0.2) is 9.18 Å². The van der Waals surface area contributed by atoms with E-state index >= 15 is 0 Å². The maximum atomic E-state index is 14.1. The number of carbonyl (C=O) groups is 1. The van der Waals surface area contributed by atoms with Crippen LogP contribution in [-0.2, 0) is 9.53 Å². The number of nitrogens with one attached hydrogen (secondary N) is 2. The Morgan fingerprint density at radius 3 is 2.90 bits per heavy atom. The summed E-state index contributed by atoms with van der Waals surface area (Å²) in [5.74, 6) is -1.71. The number of allylic oxidation sites excluding steroid dienone is 1. The zero-order valence-corrected chi connectivity index (χ0v) is 16.5. The third-order valence-electron chi connectivity index (χ3n) is 5.45. The molecule has 0 saturated heterocycles. The highest BCUT2D eigenvalue weighted by atomic mass is 35.5. The predicted octanol–water partition coefficient (Wildman–Crippen LogP) is 4.10. The second kappa shape index (κ2) is 6.71. The number of aromatic amines is 1. The van der Waals surface area contributed by atoms with Crippen LogP contribution in [0.2, 0.25) is 5.02 Å². The van der Waals surface area contributed by atoms with Crippen molar-refractivity contribution in [1.82, 2.24) is 15.5 Å². The number of esters is 1. The van der Waals surface area contributed by atoms with Gasteiger partial charge in [0.25, 0.3) is 0 Å². The van der Waals surface area contributed by atoms with E-state index in [9.17, 15) is 14.4 Å². The number of hydrogen-bond donors (Lipinski definition) is 2. The van der Waals surface area contributed by atoms with Gasteiger partial charge in [-0.15, -0.1) is 0 Å². The predicted molar refractivity (Wildman–Crippen MR) is 109 cm³/mol. The van der Waals surface area contributed by atoms with E-state index < -0.39 is 17.7 Å². The Balaban J connectivity index is 1.75. The van der Waals surface area contributed by atoms with Crippen molar-refractivity contribution >= 4 is 34.2 Å². The minimum Gasteiger partial charge on any atom is -0.456 e. The Labute approximate surface area is 175 Å². The maximum Gasteiger partial charge on any atom is 0.337 e. The fourth-order valence-corrected chi connectivity index (χ4v) is 4.11. The first-order valence-electron chi connectivity index (χ1n) is 9.19. The summed E-state index contributed by atoms with van der Waals surface area (Å²) >= 11 is 5.82. The van der Waals surface area contributed by atoms with Crippen LogP contribution in [-0.4, -0.2) is 22.8 Å². The molecule has 8 heteroatoms. The number of nitriles is 1. The molecule has 0 saturated carbocycles. The molecule has 0 fully saturated rings. The maximum absolute atomic E-state index is 14.1. The monoisotopic (exact) mass is 420 g/mol. The van der Waals surface area contributed by atoms with Gasteiger partial charge in [-0.2, -0.15) is 10.4 Å². The van der Waals surface area contributed by atoms with Crippen molar-refractivity contribution in [2.45, 2.75) is 12.8 Å². The number of benzene rings is 2. The van der Waals surface area contributed by atoms with Gasteiger partial charge < -0.3 is 10.1 Å². The second-order valence-electron chi connectivity index (χ2n) is 7.17. The van der Waals surface area contributed by atoms with Gasteiger partial charge in [-0.3, -0.25) is 5.10 Å². The lowest BCUT2D eigenvalue weighted by molar-refractivity contribution is -0.136. The Hall–Kier alpha value is -3.63. The van der Waals surface area contributed by atoms with Crippen molar-refractivity contribution in [2.24, 2.45) is 0 Å². The van der Waals surface area contributed by atoms with Crippen LogP contribution in [0.3, 0.4) is 0 Å². The number of aromatic nitrogens is 2. The highest BCUT2D eigenvalue weighted by Crippen LogP contribution is 2.43. The summed E-state index contributed by atoms with van der Waals surface area (Å²) in [5.41, 5.74) is 4.58. The molecule has 6 nitrogen and oxygen atoms in total. The summed E-state index contributed by atoms with van der Waals surface area (Å²) in [6.45, 7) is 1.94. The van der Waals surface area contributed by atoms with Gasteiger partial charge in [-0.05, 0) is 36.8 Å². The third-order valence-corrected chi connectivity index (χ3v) is 5.76. The van der Waals surface area contributed by atoms with Gasteiger partial charge in [0.2, 0.25) is 0 Å². The number of carbonyl (C=O) groups excluding carboxylic acids is 1. The summed E-state index contributed by atoms with van der Waals surface area (Å²) in [7, 11) is 0. The first-order chi connectivity index (χ1) is 14.5. The van der Waals surface area contributed by atoms with Crippen molar-refractivity contribution in [2.75, 3.05) is 6.61 Å². The molecule has 0 radical (unpaired) electrons. The summed E-state index contributed by atoms with van der Waals surface area (Å²) in [6, 6.07) is 12.2. The summed E-state index contributed by atoms with van der Waals surface area (Å²) < 4.78 is 19.4. The van der Waals surface area contributed by atoms with Gasteiger partial charge in [0.15, 0.2) is 0 Å². The van der Waals surface area contributed by atoms with Gasteiger partial charge >= 0.3 is 5.97 Å². The van der Waals surface area contributed by atoms with Crippen LogP contribution in [0.1, 0.15) is 22.7 Å². The van der Waals surface area contributed by atoms with Crippen molar-refractivity contribution in [3.05, 3.63) is 80.9 Å². The fraction of sp³-hybridized carbons (Fsp3) is 0.136. The lowest BCUT2D eigenvalue weighted by Gasteiger charge is -2.27. The highest BCUT2D eigenvalue weighted by Gasteiger charge is 2.40. The molecule has 3 aromatic rings. The number of cyclic esters (lactones) is 1. The second-order valence-corrected chi connectivity index (χ2v) is 7.58. The van der Waals surface area contributed by atoms with E-state index in [2.05, 4.69) is 21.6 Å². The number of fused-ring (bicyclic) bond motifs is 1. The lowest BCUT2D eigenvalue weighted by Crippen LogP contribution is -2.26. The Kier molecular flexibility index (Phi) is 4.12. The molecule has 5 rings (SSSR count). The van der Waals surface area contributed by atoms with E-state index in [4.69, 9.17) is 16.3 Å². The smallest absolute Gasteiger partial charge is 0.337 e. The SMILES string of the molecule is Cc1n[nH]c2ccc(C3C(C#N)=C(c4ccc(Cl)c(F)c4)NC4=C3C(=O)OC4)cc12. The topological polar surface area (TPSA) is 90.8 Å². The molecule has 1 aromatic heterocycles. The molecule has 0 aliphatic carbocycles. The molecule has 2 aliphatic heterocycles. The van der Waals surface area contributed by atoms with Crippen molar-refractivity contribution < 1.29 is 13.9 Å². The minimum absolute atomic E-state index is 0.00890.